The Hall–Kier alpha value is -2.54. The van der Waals surface area contributed by atoms with Gasteiger partial charge in [-0.15, -0.1) is 0 Å². The monoisotopic (exact) mass is 333 g/mol. The summed E-state index contributed by atoms with van der Waals surface area (Å²) < 4.78 is 13.9. The van der Waals surface area contributed by atoms with E-state index in [1.807, 2.05) is 0 Å². The van der Waals surface area contributed by atoms with Crippen LogP contribution in [0.3, 0.4) is 0 Å². The summed E-state index contributed by atoms with van der Waals surface area (Å²) in [5.74, 6) is -0.465. The first kappa shape index (κ1) is 15.4. The second kappa shape index (κ2) is 5.92. The molecule has 6 nitrogen and oxygen atoms in total. The maximum atomic E-state index is 13.9. The van der Waals surface area contributed by atoms with Crippen molar-refractivity contribution in [2.24, 2.45) is 0 Å². The molecule has 0 aliphatic rings. The molecule has 0 saturated heterocycles. The third-order valence-electron chi connectivity index (χ3n) is 3.45. The second-order valence-electron chi connectivity index (χ2n) is 5.12. The summed E-state index contributed by atoms with van der Waals surface area (Å²) in [6.07, 6.45) is 4.27. The van der Waals surface area contributed by atoms with Gasteiger partial charge in [0.25, 0.3) is 0 Å². The van der Waals surface area contributed by atoms with Crippen molar-refractivity contribution in [3.63, 3.8) is 0 Å². The highest BCUT2D eigenvalue weighted by molar-refractivity contribution is 6.31. The van der Waals surface area contributed by atoms with E-state index < -0.39 is 11.9 Å². The van der Waals surface area contributed by atoms with Crippen molar-refractivity contribution >= 4 is 34.2 Å². The summed E-state index contributed by atoms with van der Waals surface area (Å²) in [6.45, 7) is 3.06. The largest absolute Gasteiger partial charge is 0.358 e. The minimum atomic E-state index is -0.627. The number of anilines is 1. The lowest BCUT2D eigenvalue weighted by molar-refractivity contribution is -0.117. The molecule has 0 aliphatic carbocycles. The Morgan fingerprint density at radius 1 is 1.39 bits per heavy atom. The third-order valence-corrected chi connectivity index (χ3v) is 3.65. The number of carbonyl (C=O) groups is 1. The Kier molecular flexibility index (Phi) is 3.96. The highest BCUT2D eigenvalue weighted by Gasteiger charge is 2.16. The molecule has 0 fully saturated rings. The molecule has 118 valence electrons. The number of fused-ring (bicyclic) bond motifs is 1. The fraction of sp³-hybridized carbons (Fsp3) is 0.200. The van der Waals surface area contributed by atoms with E-state index in [0.717, 1.165) is 11.6 Å². The molecule has 8 heteroatoms. The maximum Gasteiger partial charge on any atom is 0.183 e. The maximum absolute atomic E-state index is 13.9. The van der Waals surface area contributed by atoms with Gasteiger partial charge in [0, 0.05) is 23.3 Å². The van der Waals surface area contributed by atoms with Crippen molar-refractivity contribution in [3.8, 4) is 11.4 Å². The molecular weight excluding hydrogens is 321 g/mol. The molecule has 3 aromatic rings. The Balaban J connectivity index is 2.05. The first-order valence-electron chi connectivity index (χ1n) is 6.88. The number of aromatic nitrogens is 4. The third kappa shape index (κ3) is 3.00. The van der Waals surface area contributed by atoms with Gasteiger partial charge in [-0.25, -0.2) is 19.3 Å². The lowest BCUT2D eigenvalue weighted by atomic mass is 10.2. The first-order valence-corrected chi connectivity index (χ1v) is 7.26. The van der Waals surface area contributed by atoms with E-state index in [1.54, 1.807) is 19.2 Å². The second-order valence-corrected chi connectivity index (χ2v) is 5.56. The van der Waals surface area contributed by atoms with Crippen molar-refractivity contribution in [1.82, 2.24) is 19.9 Å². The van der Waals surface area contributed by atoms with Crippen LogP contribution in [-0.4, -0.2) is 31.8 Å². The molecule has 0 bridgehead atoms. The molecule has 1 atom stereocenters. The van der Waals surface area contributed by atoms with Gasteiger partial charge in [0.1, 0.15) is 5.65 Å². The molecule has 0 unspecified atom stereocenters. The summed E-state index contributed by atoms with van der Waals surface area (Å²) in [5, 5.41) is 3.95. The SMILES string of the molecule is CC(=O)[C@H](C)Nc1nc(-c2c[nH]c3ncc(Cl)cc23)ncc1F. The highest BCUT2D eigenvalue weighted by Crippen LogP contribution is 2.28. The predicted octanol–water partition coefficient (Wildman–Crippen LogP) is 3.20. The van der Waals surface area contributed by atoms with Crippen LogP contribution in [0.2, 0.25) is 5.02 Å². The van der Waals surface area contributed by atoms with Crippen molar-refractivity contribution in [3.05, 3.63) is 35.5 Å². The number of H-pyrrole nitrogens is 1. The van der Waals surface area contributed by atoms with E-state index in [9.17, 15) is 9.18 Å². The lowest BCUT2D eigenvalue weighted by Crippen LogP contribution is -2.24. The molecule has 0 aromatic carbocycles. The van der Waals surface area contributed by atoms with Crippen LogP contribution in [0.4, 0.5) is 10.2 Å². The summed E-state index contributed by atoms with van der Waals surface area (Å²) >= 11 is 5.97. The number of hydrogen-bond acceptors (Lipinski definition) is 5. The van der Waals surface area contributed by atoms with Gasteiger partial charge in [0.05, 0.1) is 17.3 Å². The molecule has 3 heterocycles. The zero-order chi connectivity index (χ0) is 16.6. The fourth-order valence-electron chi connectivity index (χ4n) is 2.07. The molecule has 3 aromatic heterocycles. The standard InChI is InChI=1S/C15H13ClFN5O/c1-7(8(2)23)21-15-12(17)6-20-14(22-15)11-5-19-13-10(11)3-9(16)4-18-13/h3-7H,1-2H3,(H,18,19)(H,20,21,22)/t7-/m0/s1. The summed E-state index contributed by atoms with van der Waals surface area (Å²) in [4.78, 5) is 26.7. The van der Waals surface area contributed by atoms with Gasteiger partial charge in [-0.1, -0.05) is 11.6 Å². The molecule has 0 aliphatic heterocycles. The van der Waals surface area contributed by atoms with Gasteiger partial charge in [-0.05, 0) is 19.9 Å². The van der Waals surface area contributed by atoms with Gasteiger partial charge in [-0.2, -0.15) is 0 Å². The number of nitrogens with zero attached hydrogens (tertiary/aromatic N) is 3. The van der Waals surface area contributed by atoms with Crippen molar-refractivity contribution in [2.45, 2.75) is 19.9 Å². The summed E-state index contributed by atoms with van der Waals surface area (Å²) in [7, 11) is 0. The van der Waals surface area contributed by atoms with Crippen LogP contribution in [-0.2, 0) is 4.79 Å². The van der Waals surface area contributed by atoms with Crippen LogP contribution >= 0.6 is 11.6 Å². The van der Waals surface area contributed by atoms with Crippen LogP contribution in [0.5, 0.6) is 0 Å². The van der Waals surface area contributed by atoms with E-state index in [-0.39, 0.29) is 11.6 Å². The van der Waals surface area contributed by atoms with Gasteiger partial charge >= 0.3 is 0 Å². The van der Waals surface area contributed by atoms with Crippen LogP contribution < -0.4 is 5.32 Å². The quantitative estimate of drug-likeness (QED) is 0.766. The number of rotatable bonds is 4. The number of aromatic amines is 1. The van der Waals surface area contributed by atoms with E-state index in [2.05, 4.69) is 25.3 Å². The first-order chi connectivity index (χ1) is 11.0. The van der Waals surface area contributed by atoms with Crippen molar-refractivity contribution < 1.29 is 9.18 Å². The van der Waals surface area contributed by atoms with Gasteiger partial charge in [-0.3, -0.25) is 4.79 Å². The van der Waals surface area contributed by atoms with Gasteiger partial charge < -0.3 is 10.3 Å². The number of Topliss-reactive ketones (excluding diaryl/α,β-unsaturated/α-hetero) is 1. The fourth-order valence-corrected chi connectivity index (χ4v) is 2.23. The minimum Gasteiger partial charge on any atom is -0.358 e. The van der Waals surface area contributed by atoms with E-state index in [4.69, 9.17) is 11.6 Å². The minimum absolute atomic E-state index is 0.0259. The smallest absolute Gasteiger partial charge is 0.183 e. The number of pyridine rings is 1. The van der Waals surface area contributed by atoms with Crippen LogP contribution in [0, 0.1) is 5.82 Å². The number of ketones is 1. The molecule has 2 N–H and O–H groups in total. The Labute approximate surface area is 136 Å². The molecular formula is C15H13ClFN5O. The number of hydrogen-bond donors (Lipinski definition) is 2. The van der Waals surface area contributed by atoms with Crippen LogP contribution in [0.1, 0.15) is 13.8 Å². The molecule has 0 radical (unpaired) electrons. The van der Waals surface area contributed by atoms with Crippen LogP contribution in [0.15, 0.2) is 24.7 Å². The van der Waals surface area contributed by atoms with Gasteiger partial charge in [0.2, 0.25) is 0 Å². The number of nitrogens with one attached hydrogen (secondary N) is 2. The molecule has 3 rings (SSSR count). The Morgan fingerprint density at radius 2 is 2.17 bits per heavy atom. The van der Waals surface area contributed by atoms with Crippen molar-refractivity contribution in [2.75, 3.05) is 5.32 Å². The van der Waals surface area contributed by atoms with E-state index >= 15 is 0 Å². The average molecular weight is 334 g/mol. The lowest BCUT2D eigenvalue weighted by Gasteiger charge is -2.12. The normalized spacial score (nSPS) is 12.3. The Bertz CT molecular complexity index is 895. The topological polar surface area (TPSA) is 83.6 Å². The molecule has 0 amide bonds. The van der Waals surface area contributed by atoms with Gasteiger partial charge in [0.15, 0.2) is 23.2 Å². The average Bonchev–Trinajstić information content (AvgIpc) is 2.92. The summed E-state index contributed by atoms with van der Waals surface area (Å²) in [5.41, 5.74) is 1.28. The van der Waals surface area contributed by atoms with E-state index in [1.165, 1.54) is 13.1 Å². The summed E-state index contributed by atoms with van der Waals surface area (Å²) in [6, 6.07) is 1.18. The number of carbonyl (C=O) groups excluding carboxylic acids is 1. The zero-order valence-corrected chi connectivity index (χ0v) is 13.1. The van der Waals surface area contributed by atoms with E-state index in [0.29, 0.717) is 22.1 Å². The van der Waals surface area contributed by atoms with Crippen molar-refractivity contribution in [1.29, 1.82) is 0 Å². The number of halogens is 2. The highest BCUT2D eigenvalue weighted by atomic mass is 35.5. The van der Waals surface area contributed by atoms with Crippen LogP contribution in [0.25, 0.3) is 22.4 Å². The molecule has 0 saturated carbocycles. The Morgan fingerprint density at radius 3 is 2.91 bits per heavy atom. The molecule has 0 spiro atoms. The predicted molar refractivity (Wildman–Crippen MR) is 85.9 cm³/mol. The zero-order valence-electron chi connectivity index (χ0n) is 12.4. The molecule has 23 heavy (non-hydrogen) atoms.